The van der Waals surface area contributed by atoms with Gasteiger partial charge in [-0.25, -0.2) is 0 Å². The third kappa shape index (κ3) is 4.91. The standard InChI is InChI=1S/C13H21N5O2/c14-11-6-16-12(19)7-15-9-17-13(18-11)20-8-10-4-2-1-3-5-10/h6,9-10H,1-5,7-8,14H2,(H,16,19)(H,15,17,18)/b11-6+. The molecule has 1 aliphatic carbocycles. The van der Waals surface area contributed by atoms with Crippen LogP contribution in [0.2, 0.25) is 0 Å². The second-order valence-corrected chi connectivity index (χ2v) is 5.00. The maximum absolute atomic E-state index is 11.2. The molecule has 1 heterocycles. The van der Waals surface area contributed by atoms with E-state index < -0.39 is 0 Å². The van der Waals surface area contributed by atoms with Gasteiger partial charge >= 0.3 is 0 Å². The number of nitrogens with zero attached hydrogens (tertiary/aromatic N) is 2. The average Bonchev–Trinajstić information content (AvgIpc) is 2.47. The summed E-state index contributed by atoms with van der Waals surface area (Å²) in [7, 11) is 0. The molecule has 2 rings (SSSR count). The molecule has 2 aliphatic rings. The summed E-state index contributed by atoms with van der Waals surface area (Å²) in [4.78, 5) is 19.1. The highest BCUT2D eigenvalue weighted by molar-refractivity contribution is 5.86. The number of aliphatic imine (C=N–C) groups is 2. The molecule has 0 atom stereocenters. The fourth-order valence-corrected chi connectivity index (χ4v) is 2.24. The van der Waals surface area contributed by atoms with Crippen LogP contribution in [0.15, 0.2) is 22.0 Å². The smallest absolute Gasteiger partial charge is 0.296 e. The summed E-state index contributed by atoms with van der Waals surface area (Å²) in [6.07, 6.45) is 8.93. The molecule has 0 bridgehead atoms. The van der Waals surface area contributed by atoms with Gasteiger partial charge in [-0.1, -0.05) is 19.3 Å². The highest BCUT2D eigenvalue weighted by atomic mass is 16.5. The third-order valence-corrected chi connectivity index (χ3v) is 3.31. The van der Waals surface area contributed by atoms with E-state index in [1.165, 1.54) is 44.6 Å². The number of amides is 1. The van der Waals surface area contributed by atoms with Gasteiger partial charge in [-0.3, -0.25) is 15.1 Å². The molecule has 20 heavy (non-hydrogen) atoms. The Kier molecular flexibility index (Phi) is 5.40. The highest BCUT2D eigenvalue weighted by Gasteiger charge is 2.15. The minimum atomic E-state index is -0.243. The zero-order chi connectivity index (χ0) is 14.2. The van der Waals surface area contributed by atoms with Crippen LogP contribution in [0.5, 0.6) is 0 Å². The fraction of sp³-hybridized carbons (Fsp3) is 0.615. The van der Waals surface area contributed by atoms with Gasteiger partial charge in [0.2, 0.25) is 5.91 Å². The number of carbonyl (C=O) groups is 1. The number of nitrogens with one attached hydrogen (secondary N) is 2. The van der Waals surface area contributed by atoms with E-state index in [-0.39, 0.29) is 18.3 Å². The molecule has 1 fully saturated rings. The SMILES string of the molecule is N/C1=C\NC(=O)CN=CN=C(OCC2CCCCC2)N1. The van der Waals surface area contributed by atoms with Crippen molar-refractivity contribution in [3.63, 3.8) is 0 Å². The number of nitrogens with two attached hydrogens (primary N) is 1. The molecular weight excluding hydrogens is 258 g/mol. The van der Waals surface area contributed by atoms with Gasteiger partial charge in [-0.05, 0) is 18.8 Å². The molecule has 1 saturated carbocycles. The van der Waals surface area contributed by atoms with Gasteiger partial charge in [0.15, 0.2) is 0 Å². The third-order valence-electron chi connectivity index (χ3n) is 3.31. The van der Waals surface area contributed by atoms with E-state index in [1.54, 1.807) is 0 Å². The van der Waals surface area contributed by atoms with Gasteiger partial charge in [0, 0.05) is 6.20 Å². The van der Waals surface area contributed by atoms with Crippen molar-refractivity contribution < 1.29 is 9.53 Å². The Morgan fingerprint density at radius 1 is 1.35 bits per heavy atom. The van der Waals surface area contributed by atoms with Crippen LogP contribution < -0.4 is 16.4 Å². The van der Waals surface area contributed by atoms with Gasteiger partial charge in [-0.2, -0.15) is 4.99 Å². The van der Waals surface area contributed by atoms with Crippen molar-refractivity contribution in [1.29, 1.82) is 0 Å². The minimum absolute atomic E-state index is 0.0170. The maximum Gasteiger partial charge on any atom is 0.296 e. The first-order valence-corrected chi connectivity index (χ1v) is 6.95. The van der Waals surface area contributed by atoms with Crippen LogP contribution in [0.3, 0.4) is 0 Å². The number of hydrogen-bond acceptors (Lipinski definition) is 6. The predicted molar refractivity (Wildman–Crippen MR) is 76.9 cm³/mol. The average molecular weight is 279 g/mol. The van der Waals surface area contributed by atoms with Crippen LogP contribution >= 0.6 is 0 Å². The number of ether oxygens (including phenoxy) is 1. The van der Waals surface area contributed by atoms with E-state index in [1.807, 2.05) is 0 Å². The van der Waals surface area contributed by atoms with Crippen molar-refractivity contribution in [3.05, 3.63) is 12.0 Å². The summed E-state index contributed by atoms with van der Waals surface area (Å²) in [6, 6.07) is 0.309. The summed E-state index contributed by atoms with van der Waals surface area (Å²) in [5, 5.41) is 5.32. The molecule has 0 radical (unpaired) electrons. The van der Waals surface area contributed by atoms with Crippen molar-refractivity contribution in [2.75, 3.05) is 13.2 Å². The summed E-state index contributed by atoms with van der Waals surface area (Å²) < 4.78 is 5.67. The Morgan fingerprint density at radius 3 is 2.95 bits per heavy atom. The predicted octanol–water partition coefficient (Wildman–Crippen LogP) is 0.445. The van der Waals surface area contributed by atoms with Gasteiger partial charge in [0.1, 0.15) is 18.7 Å². The lowest BCUT2D eigenvalue weighted by molar-refractivity contribution is -0.118. The first kappa shape index (κ1) is 14.4. The molecule has 110 valence electrons. The molecule has 0 saturated heterocycles. The number of carbonyl (C=O) groups excluding carboxylic acids is 1. The zero-order valence-electron chi connectivity index (χ0n) is 11.5. The first-order valence-electron chi connectivity index (χ1n) is 6.95. The van der Waals surface area contributed by atoms with Crippen molar-refractivity contribution in [1.82, 2.24) is 10.6 Å². The summed E-state index contributed by atoms with van der Waals surface area (Å²) in [6.45, 7) is 0.641. The first-order chi connectivity index (χ1) is 9.74. The van der Waals surface area contributed by atoms with E-state index in [0.717, 1.165) is 0 Å². The molecule has 0 unspecified atom stereocenters. The second-order valence-electron chi connectivity index (χ2n) is 5.00. The van der Waals surface area contributed by atoms with Gasteiger partial charge in [0.05, 0.1) is 6.61 Å². The normalized spacial score (nSPS) is 23.9. The molecule has 0 aromatic rings. The molecule has 1 aliphatic heterocycles. The molecule has 0 spiro atoms. The van der Waals surface area contributed by atoms with Crippen molar-refractivity contribution in [2.24, 2.45) is 21.6 Å². The monoisotopic (exact) mass is 279 g/mol. The topological polar surface area (TPSA) is 101 Å². The Bertz CT molecular complexity index is 424. The van der Waals surface area contributed by atoms with E-state index in [4.69, 9.17) is 10.5 Å². The largest absolute Gasteiger partial charge is 0.464 e. The van der Waals surface area contributed by atoms with Crippen LogP contribution in [0, 0.1) is 5.92 Å². The fourth-order valence-electron chi connectivity index (χ4n) is 2.24. The second kappa shape index (κ2) is 7.52. The number of amidine groups is 1. The van der Waals surface area contributed by atoms with Crippen molar-refractivity contribution in [2.45, 2.75) is 32.1 Å². The quantitative estimate of drug-likeness (QED) is 0.683. The lowest BCUT2D eigenvalue weighted by atomic mass is 9.90. The van der Waals surface area contributed by atoms with Crippen molar-refractivity contribution in [3.8, 4) is 0 Å². The molecule has 1 amide bonds. The Morgan fingerprint density at radius 2 is 2.15 bits per heavy atom. The Labute approximate surface area is 118 Å². The number of rotatable bonds is 2. The Hall–Kier alpha value is -2.05. The van der Waals surface area contributed by atoms with Gasteiger partial charge in [0.25, 0.3) is 6.02 Å². The van der Waals surface area contributed by atoms with Crippen LogP contribution in [-0.2, 0) is 9.53 Å². The Balaban J connectivity index is 1.91. The highest BCUT2D eigenvalue weighted by Crippen LogP contribution is 2.23. The molecule has 4 N–H and O–H groups in total. The van der Waals surface area contributed by atoms with Crippen LogP contribution in [-0.4, -0.2) is 31.4 Å². The molecular formula is C13H21N5O2. The minimum Gasteiger partial charge on any atom is -0.464 e. The van der Waals surface area contributed by atoms with Crippen molar-refractivity contribution >= 4 is 18.3 Å². The summed E-state index contributed by atoms with van der Waals surface area (Å²) in [5.74, 6) is 0.606. The molecule has 0 aromatic carbocycles. The van der Waals surface area contributed by atoms with E-state index in [2.05, 4.69) is 20.6 Å². The summed E-state index contributed by atoms with van der Waals surface area (Å²) in [5.41, 5.74) is 5.72. The van der Waals surface area contributed by atoms with E-state index in [9.17, 15) is 4.79 Å². The van der Waals surface area contributed by atoms with E-state index >= 15 is 0 Å². The molecule has 7 nitrogen and oxygen atoms in total. The number of hydrogen-bond donors (Lipinski definition) is 3. The van der Waals surface area contributed by atoms with E-state index in [0.29, 0.717) is 18.5 Å². The van der Waals surface area contributed by atoms with Crippen LogP contribution in [0.1, 0.15) is 32.1 Å². The lowest BCUT2D eigenvalue weighted by Crippen LogP contribution is -2.34. The maximum atomic E-state index is 11.2. The summed E-state index contributed by atoms with van der Waals surface area (Å²) >= 11 is 0. The zero-order valence-corrected chi connectivity index (χ0v) is 11.5. The van der Waals surface area contributed by atoms with Gasteiger partial charge < -0.3 is 15.8 Å². The molecule has 7 heteroatoms. The van der Waals surface area contributed by atoms with Gasteiger partial charge in [-0.15, -0.1) is 0 Å². The lowest BCUT2D eigenvalue weighted by Gasteiger charge is -2.22. The van der Waals surface area contributed by atoms with Crippen LogP contribution in [0.4, 0.5) is 0 Å². The van der Waals surface area contributed by atoms with Crippen LogP contribution in [0.25, 0.3) is 0 Å². The molecule has 0 aromatic heterocycles.